The highest BCUT2D eigenvalue weighted by Gasteiger charge is 2.21. The first-order valence-corrected chi connectivity index (χ1v) is 7.31. The maximum atomic E-state index is 13.5. The van der Waals surface area contributed by atoms with Gasteiger partial charge in [0.05, 0.1) is 10.0 Å². The van der Waals surface area contributed by atoms with E-state index < -0.39 is 0 Å². The highest BCUT2D eigenvalue weighted by molar-refractivity contribution is 9.10. The van der Waals surface area contributed by atoms with Crippen LogP contribution in [0.5, 0.6) is 11.5 Å². The Bertz CT molecular complexity index is 700. The normalized spacial score (nSPS) is 13.0. The van der Waals surface area contributed by atoms with Crippen LogP contribution in [-0.2, 0) is 6.42 Å². The minimum atomic E-state index is -0.380. The Morgan fingerprint density at radius 1 is 1.14 bits per heavy atom. The molecule has 5 heteroatoms. The first-order valence-electron chi connectivity index (χ1n) is 6.51. The Balaban J connectivity index is 1.91. The molecule has 0 saturated heterocycles. The number of Topliss-reactive ketones (excluding diaryl/α,β-unsaturated/α-hetero) is 1. The van der Waals surface area contributed by atoms with Crippen LogP contribution < -0.4 is 9.47 Å². The van der Waals surface area contributed by atoms with Crippen molar-refractivity contribution in [1.82, 2.24) is 0 Å². The van der Waals surface area contributed by atoms with Gasteiger partial charge in [-0.05, 0) is 39.7 Å². The molecule has 0 amide bonds. The summed E-state index contributed by atoms with van der Waals surface area (Å²) in [5.41, 5.74) is 1.07. The number of rotatable bonds is 3. The molecule has 0 N–H and O–H groups in total. The van der Waals surface area contributed by atoms with Crippen LogP contribution in [0.3, 0.4) is 0 Å². The lowest BCUT2D eigenvalue weighted by atomic mass is 10.0. The topological polar surface area (TPSA) is 35.5 Å². The number of hydrogen-bond donors (Lipinski definition) is 0. The van der Waals surface area contributed by atoms with Crippen molar-refractivity contribution in [3.8, 4) is 11.5 Å². The van der Waals surface area contributed by atoms with E-state index in [1.807, 2.05) is 0 Å². The van der Waals surface area contributed by atoms with E-state index in [9.17, 15) is 9.18 Å². The minimum absolute atomic E-state index is 0.0954. The minimum Gasteiger partial charge on any atom is -0.486 e. The summed E-state index contributed by atoms with van der Waals surface area (Å²) >= 11 is 3.17. The van der Waals surface area contributed by atoms with Crippen LogP contribution in [0.25, 0.3) is 0 Å². The van der Waals surface area contributed by atoms with E-state index in [2.05, 4.69) is 15.9 Å². The van der Waals surface area contributed by atoms with Crippen molar-refractivity contribution in [1.29, 1.82) is 0 Å². The van der Waals surface area contributed by atoms with E-state index in [1.54, 1.807) is 30.3 Å². The standard InChI is InChI=1S/C16H12BrFO3/c17-15-10(3-1-5-12(15)18)9-13(19)11-4-2-6-14-16(11)21-8-7-20-14/h1-6H,7-9H2. The largest absolute Gasteiger partial charge is 0.486 e. The Hall–Kier alpha value is -1.88. The average molecular weight is 351 g/mol. The first-order chi connectivity index (χ1) is 10.2. The van der Waals surface area contributed by atoms with Crippen LogP contribution in [-0.4, -0.2) is 19.0 Å². The predicted molar refractivity (Wildman–Crippen MR) is 79.6 cm³/mol. The summed E-state index contributed by atoms with van der Waals surface area (Å²) in [6.45, 7) is 0.890. The van der Waals surface area contributed by atoms with Crippen LogP contribution in [0.2, 0.25) is 0 Å². The van der Waals surface area contributed by atoms with Gasteiger partial charge in [0.2, 0.25) is 0 Å². The van der Waals surface area contributed by atoms with E-state index in [4.69, 9.17) is 9.47 Å². The van der Waals surface area contributed by atoms with Crippen LogP contribution in [0, 0.1) is 5.82 Å². The number of carbonyl (C=O) groups is 1. The molecular weight excluding hydrogens is 339 g/mol. The third-order valence-corrected chi connectivity index (χ3v) is 4.14. The van der Waals surface area contributed by atoms with E-state index >= 15 is 0 Å². The van der Waals surface area contributed by atoms with Gasteiger partial charge in [0.15, 0.2) is 17.3 Å². The van der Waals surface area contributed by atoms with Gasteiger partial charge < -0.3 is 9.47 Å². The molecule has 0 saturated carbocycles. The predicted octanol–water partition coefficient (Wildman–Crippen LogP) is 3.78. The third-order valence-electron chi connectivity index (χ3n) is 3.25. The van der Waals surface area contributed by atoms with Crippen molar-refractivity contribution >= 4 is 21.7 Å². The molecule has 1 aliphatic heterocycles. The van der Waals surface area contributed by atoms with Crippen LogP contribution >= 0.6 is 15.9 Å². The van der Waals surface area contributed by atoms with Gasteiger partial charge in [0.1, 0.15) is 19.0 Å². The first kappa shape index (κ1) is 14.1. The van der Waals surface area contributed by atoms with E-state index in [-0.39, 0.29) is 18.0 Å². The van der Waals surface area contributed by atoms with Crippen molar-refractivity contribution in [2.24, 2.45) is 0 Å². The molecule has 0 bridgehead atoms. The number of benzene rings is 2. The molecule has 0 fully saturated rings. The second kappa shape index (κ2) is 5.85. The molecule has 3 rings (SSSR count). The lowest BCUT2D eigenvalue weighted by Gasteiger charge is -2.20. The van der Waals surface area contributed by atoms with E-state index in [1.165, 1.54) is 6.07 Å². The molecule has 1 heterocycles. The average Bonchev–Trinajstić information content (AvgIpc) is 2.51. The Morgan fingerprint density at radius 3 is 2.76 bits per heavy atom. The molecule has 2 aromatic carbocycles. The monoisotopic (exact) mass is 350 g/mol. The third kappa shape index (κ3) is 2.78. The molecule has 2 aromatic rings. The van der Waals surface area contributed by atoms with E-state index in [0.29, 0.717) is 40.3 Å². The molecule has 0 aliphatic carbocycles. The fraction of sp³-hybridized carbons (Fsp3) is 0.188. The van der Waals surface area contributed by atoms with Gasteiger partial charge in [-0.25, -0.2) is 4.39 Å². The quantitative estimate of drug-likeness (QED) is 0.790. The SMILES string of the molecule is O=C(Cc1cccc(F)c1Br)c1cccc2c1OCCO2. The summed E-state index contributed by atoms with van der Waals surface area (Å²) in [4.78, 5) is 12.5. The molecule has 0 unspecified atom stereocenters. The molecule has 108 valence electrons. The van der Waals surface area contributed by atoms with Gasteiger partial charge in [-0.3, -0.25) is 4.79 Å². The lowest BCUT2D eigenvalue weighted by Crippen LogP contribution is -2.18. The van der Waals surface area contributed by atoms with Gasteiger partial charge in [0, 0.05) is 6.42 Å². The number of carbonyl (C=O) groups excluding carboxylic acids is 1. The maximum Gasteiger partial charge on any atom is 0.172 e. The summed E-state index contributed by atoms with van der Waals surface area (Å²) < 4.78 is 24.8. The van der Waals surface area contributed by atoms with Gasteiger partial charge in [-0.15, -0.1) is 0 Å². The lowest BCUT2D eigenvalue weighted by molar-refractivity contribution is 0.0981. The van der Waals surface area contributed by atoms with Crippen molar-refractivity contribution in [3.05, 3.63) is 57.8 Å². The Morgan fingerprint density at radius 2 is 1.90 bits per heavy atom. The zero-order chi connectivity index (χ0) is 14.8. The number of ether oxygens (including phenoxy) is 2. The van der Waals surface area contributed by atoms with Gasteiger partial charge in [-0.1, -0.05) is 18.2 Å². The molecule has 3 nitrogen and oxygen atoms in total. The molecule has 21 heavy (non-hydrogen) atoms. The summed E-state index contributed by atoms with van der Waals surface area (Å²) in [6, 6.07) is 9.87. The molecule has 1 aliphatic rings. The zero-order valence-corrected chi connectivity index (χ0v) is 12.7. The Labute approximate surface area is 129 Å². The van der Waals surface area contributed by atoms with Crippen LogP contribution in [0.15, 0.2) is 40.9 Å². The molecule has 0 radical (unpaired) electrons. The summed E-state index contributed by atoms with van der Waals surface area (Å²) in [7, 11) is 0. The fourth-order valence-corrected chi connectivity index (χ4v) is 2.65. The summed E-state index contributed by atoms with van der Waals surface area (Å²) in [5.74, 6) is 0.533. The fourth-order valence-electron chi connectivity index (χ4n) is 2.25. The maximum absolute atomic E-state index is 13.5. The van der Waals surface area contributed by atoms with Crippen LogP contribution in [0.1, 0.15) is 15.9 Å². The van der Waals surface area contributed by atoms with Gasteiger partial charge >= 0.3 is 0 Å². The number of para-hydroxylation sites is 1. The second-order valence-corrected chi connectivity index (χ2v) is 5.44. The highest BCUT2D eigenvalue weighted by atomic mass is 79.9. The van der Waals surface area contributed by atoms with Gasteiger partial charge in [0.25, 0.3) is 0 Å². The molecule has 0 spiro atoms. The summed E-state index contributed by atoms with van der Waals surface area (Å²) in [6.07, 6.45) is 0.0954. The smallest absolute Gasteiger partial charge is 0.172 e. The van der Waals surface area contributed by atoms with Crippen molar-refractivity contribution < 1.29 is 18.7 Å². The van der Waals surface area contributed by atoms with Crippen molar-refractivity contribution in [3.63, 3.8) is 0 Å². The molecular formula is C16H12BrFO3. The molecule has 0 aromatic heterocycles. The van der Waals surface area contributed by atoms with Crippen LogP contribution in [0.4, 0.5) is 4.39 Å². The van der Waals surface area contributed by atoms with Crippen molar-refractivity contribution in [2.45, 2.75) is 6.42 Å². The number of fused-ring (bicyclic) bond motifs is 1. The highest BCUT2D eigenvalue weighted by Crippen LogP contribution is 2.34. The number of hydrogen-bond acceptors (Lipinski definition) is 3. The number of ketones is 1. The van der Waals surface area contributed by atoms with Gasteiger partial charge in [-0.2, -0.15) is 0 Å². The second-order valence-electron chi connectivity index (χ2n) is 4.64. The summed E-state index contributed by atoms with van der Waals surface area (Å²) in [5, 5.41) is 0. The zero-order valence-electron chi connectivity index (χ0n) is 11.1. The number of halogens is 2. The van der Waals surface area contributed by atoms with E-state index in [0.717, 1.165) is 0 Å². The Kier molecular flexibility index (Phi) is 3.92. The van der Waals surface area contributed by atoms with Crippen molar-refractivity contribution in [2.75, 3.05) is 13.2 Å². The molecule has 0 atom stereocenters.